The van der Waals surface area contributed by atoms with Gasteiger partial charge in [-0.05, 0) is 62.4 Å². The highest BCUT2D eigenvalue weighted by molar-refractivity contribution is 7.91. The fourth-order valence-corrected chi connectivity index (χ4v) is 7.83. The van der Waals surface area contributed by atoms with Crippen molar-refractivity contribution in [2.24, 2.45) is 0 Å². The lowest BCUT2D eigenvalue weighted by molar-refractivity contribution is 0.0952. The van der Waals surface area contributed by atoms with E-state index in [0.717, 1.165) is 0 Å². The first kappa shape index (κ1) is 29.5. The van der Waals surface area contributed by atoms with E-state index in [1.807, 2.05) is 0 Å². The molecular formula is C31H33FN6O5S. The van der Waals surface area contributed by atoms with Gasteiger partial charge in [-0.3, -0.25) is 9.59 Å². The molecule has 2 fully saturated rings. The number of aromatic amines is 1. The number of methoxy groups -OCH3 is 1. The van der Waals surface area contributed by atoms with E-state index in [2.05, 4.69) is 26.8 Å². The number of benzene rings is 1. The number of aromatic nitrogens is 4. The Bertz CT molecular complexity index is 1960. The Morgan fingerprint density at radius 3 is 2.52 bits per heavy atom. The Kier molecular flexibility index (Phi) is 7.31. The topological polar surface area (TPSA) is 139 Å². The fraction of sp³-hybridized carbons (Fsp3) is 0.355. The highest BCUT2D eigenvalue weighted by Crippen LogP contribution is 2.49. The molecule has 44 heavy (non-hydrogen) atoms. The smallest absolute Gasteiger partial charge is 0.256 e. The summed E-state index contributed by atoms with van der Waals surface area (Å²) >= 11 is 0. The summed E-state index contributed by atoms with van der Waals surface area (Å²) in [5, 5.41) is 3.29. The number of ether oxygens (including phenoxy) is 1. The molecular weight excluding hydrogens is 587 g/mol. The van der Waals surface area contributed by atoms with E-state index in [-0.39, 0.29) is 36.3 Å². The van der Waals surface area contributed by atoms with Crippen molar-refractivity contribution < 1.29 is 22.3 Å². The molecule has 1 aliphatic carbocycles. The Labute approximate surface area is 253 Å². The predicted molar refractivity (Wildman–Crippen MR) is 165 cm³/mol. The number of nitrogens with one attached hydrogen (secondary N) is 2. The molecule has 11 nitrogen and oxygen atoms in total. The van der Waals surface area contributed by atoms with Crippen LogP contribution in [-0.4, -0.2) is 64.4 Å². The van der Waals surface area contributed by atoms with Gasteiger partial charge in [-0.1, -0.05) is 6.08 Å². The number of amides is 1. The number of allylic oxidation sites excluding steroid dienone is 1. The summed E-state index contributed by atoms with van der Waals surface area (Å²) in [7, 11) is -2.40. The summed E-state index contributed by atoms with van der Waals surface area (Å²) in [4.78, 5) is 39.7. The number of H-pyrrole nitrogens is 1. The second-order valence-corrected chi connectivity index (χ2v) is 13.7. The fourth-order valence-electron chi connectivity index (χ4n) is 5.77. The van der Waals surface area contributed by atoms with E-state index in [4.69, 9.17) is 4.74 Å². The average Bonchev–Trinajstić information content (AvgIpc) is 3.70. The third-order valence-electron chi connectivity index (χ3n) is 8.40. The summed E-state index contributed by atoms with van der Waals surface area (Å²) in [6.07, 6.45) is 6.76. The molecule has 1 saturated heterocycles. The standard InChI is InChI=1S/C31H33FN6O5S/c1-5-6-31(7-8-31)44(41,42)38-15-18(2)27-23(28(39)33-14-24-26(43-4)9-19(3)36-29(24)40)10-20(11-25(27)38)21-12-34-30(35-13-21)37-16-22(32)17-37/h5,9-13,15,22H,1,6-8,14,16-17H2,2-4H3,(H,33,39)(H,36,40). The zero-order valence-corrected chi connectivity index (χ0v) is 25.5. The molecule has 3 aromatic heterocycles. The van der Waals surface area contributed by atoms with E-state index in [1.54, 1.807) is 61.6 Å². The van der Waals surface area contributed by atoms with Gasteiger partial charge >= 0.3 is 0 Å². The van der Waals surface area contributed by atoms with E-state index < -0.39 is 26.8 Å². The number of hydrogen-bond acceptors (Lipinski definition) is 8. The van der Waals surface area contributed by atoms with Crippen LogP contribution in [0.1, 0.15) is 46.4 Å². The van der Waals surface area contributed by atoms with Crippen molar-refractivity contribution in [3.63, 3.8) is 0 Å². The van der Waals surface area contributed by atoms with Crippen molar-refractivity contribution in [2.45, 2.75) is 50.6 Å². The summed E-state index contributed by atoms with van der Waals surface area (Å²) in [6, 6.07) is 5.05. The van der Waals surface area contributed by atoms with Crippen LogP contribution in [0.15, 0.2) is 54.2 Å². The van der Waals surface area contributed by atoms with Crippen LogP contribution < -0.4 is 20.5 Å². The first-order valence-corrected chi connectivity index (χ1v) is 15.7. The third kappa shape index (κ3) is 4.94. The minimum atomic E-state index is -3.85. The molecule has 1 aliphatic heterocycles. The van der Waals surface area contributed by atoms with E-state index in [9.17, 15) is 22.4 Å². The van der Waals surface area contributed by atoms with Crippen molar-refractivity contribution in [2.75, 3.05) is 25.1 Å². The number of fused-ring (bicyclic) bond motifs is 1. The Balaban J connectivity index is 1.45. The largest absolute Gasteiger partial charge is 0.496 e. The van der Waals surface area contributed by atoms with E-state index in [0.29, 0.717) is 64.2 Å². The maximum atomic E-state index is 14.0. The molecule has 0 atom stereocenters. The molecule has 0 spiro atoms. The lowest BCUT2D eigenvalue weighted by atomic mass is 9.99. The number of rotatable bonds is 10. The van der Waals surface area contributed by atoms with Gasteiger partial charge in [0, 0.05) is 40.8 Å². The number of alkyl halides is 1. The van der Waals surface area contributed by atoms with Crippen LogP contribution in [0.5, 0.6) is 5.75 Å². The summed E-state index contributed by atoms with van der Waals surface area (Å²) in [5.74, 6) is 0.228. The minimum absolute atomic E-state index is 0.118. The lowest BCUT2D eigenvalue weighted by Crippen LogP contribution is -2.49. The Morgan fingerprint density at radius 2 is 1.91 bits per heavy atom. The molecule has 0 radical (unpaired) electrons. The first-order chi connectivity index (χ1) is 21.0. The number of carbonyl (C=O) groups is 1. The van der Waals surface area contributed by atoms with Crippen molar-refractivity contribution >= 4 is 32.8 Å². The lowest BCUT2D eigenvalue weighted by Gasteiger charge is -2.34. The van der Waals surface area contributed by atoms with Gasteiger partial charge in [0.25, 0.3) is 11.5 Å². The Hall–Kier alpha value is -4.52. The van der Waals surface area contributed by atoms with Gasteiger partial charge in [-0.15, -0.1) is 6.58 Å². The van der Waals surface area contributed by atoms with Gasteiger partial charge in [0.05, 0.1) is 42.6 Å². The molecule has 1 saturated carbocycles. The van der Waals surface area contributed by atoms with Crippen LogP contribution in [0.4, 0.5) is 10.3 Å². The summed E-state index contributed by atoms with van der Waals surface area (Å²) in [6.45, 7) is 7.57. The molecule has 0 unspecified atom stereocenters. The van der Waals surface area contributed by atoms with Crippen LogP contribution in [0.2, 0.25) is 0 Å². The van der Waals surface area contributed by atoms with Crippen molar-refractivity contribution in [1.29, 1.82) is 0 Å². The molecule has 2 aliphatic rings. The van der Waals surface area contributed by atoms with Crippen LogP contribution in [0, 0.1) is 13.8 Å². The Morgan fingerprint density at radius 1 is 1.20 bits per heavy atom. The van der Waals surface area contributed by atoms with Gasteiger partial charge < -0.3 is 19.9 Å². The average molecular weight is 621 g/mol. The van der Waals surface area contributed by atoms with Crippen molar-refractivity contribution in [1.82, 2.24) is 24.2 Å². The molecule has 13 heteroatoms. The monoisotopic (exact) mass is 620 g/mol. The zero-order valence-electron chi connectivity index (χ0n) is 24.7. The predicted octanol–water partition coefficient (Wildman–Crippen LogP) is 3.79. The van der Waals surface area contributed by atoms with Gasteiger partial charge in [0.15, 0.2) is 0 Å². The number of carbonyl (C=O) groups excluding carboxylic acids is 1. The quantitative estimate of drug-likeness (QED) is 0.256. The maximum absolute atomic E-state index is 14.0. The second kappa shape index (κ2) is 10.9. The summed E-state index contributed by atoms with van der Waals surface area (Å²) < 4.78 is 47.1. The number of hydrogen-bond donors (Lipinski definition) is 2. The SMILES string of the molecule is C=CCC1(S(=O)(=O)n2cc(C)c3c(C(=O)NCc4c(OC)cc(C)[nH]c4=O)cc(-c4cnc(N5CC(F)C5)nc4)cc32)CC1. The van der Waals surface area contributed by atoms with Crippen LogP contribution in [0.25, 0.3) is 22.0 Å². The maximum Gasteiger partial charge on any atom is 0.256 e. The van der Waals surface area contributed by atoms with Crippen LogP contribution in [0.3, 0.4) is 0 Å². The molecule has 4 heterocycles. The van der Waals surface area contributed by atoms with Crippen LogP contribution in [-0.2, 0) is 16.6 Å². The first-order valence-electron chi connectivity index (χ1n) is 14.3. The van der Waals surface area contributed by atoms with Crippen LogP contribution >= 0.6 is 0 Å². The number of halogens is 1. The molecule has 2 N–H and O–H groups in total. The number of pyridine rings is 1. The van der Waals surface area contributed by atoms with E-state index in [1.165, 1.54) is 11.1 Å². The number of anilines is 1. The summed E-state index contributed by atoms with van der Waals surface area (Å²) in [5.41, 5.74) is 2.73. The van der Waals surface area contributed by atoms with Gasteiger partial charge in [0.2, 0.25) is 16.0 Å². The molecule has 1 amide bonds. The van der Waals surface area contributed by atoms with Crippen molar-refractivity contribution in [3.05, 3.63) is 82.2 Å². The highest BCUT2D eigenvalue weighted by Gasteiger charge is 2.54. The minimum Gasteiger partial charge on any atom is -0.496 e. The number of nitrogens with zero attached hydrogens (tertiary/aromatic N) is 4. The second-order valence-electron chi connectivity index (χ2n) is 11.5. The van der Waals surface area contributed by atoms with Gasteiger partial charge in [-0.25, -0.2) is 26.7 Å². The molecule has 0 bridgehead atoms. The molecule has 1 aromatic carbocycles. The van der Waals surface area contributed by atoms with Crippen molar-refractivity contribution in [3.8, 4) is 16.9 Å². The van der Waals surface area contributed by atoms with Gasteiger partial charge in [0.1, 0.15) is 11.9 Å². The van der Waals surface area contributed by atoms with Gasteiger partial charge in [-0.2, -0.15) is 0 Å². The van der Waals surface area contributed by atoms with E-state index >= 15 is 0 Å². The highest BCUT2D eigenvalue weighted by atomic mass is 32.2. The molecule has 230 valence electrons. The third-order valence-corrected chi connectivity index (χ3v) is 10.9. The number of aryl methyl sites for hydroxylation is 2. The normalized spacial score (nSPS) is 16.0. The zero-order chi connectivity index (χ0) is 31.4. The molecule has 6 rings (SSSR count). The molecule has 4 aromatic rings.